The van der Waals surface area contributed by atoms with Gasteiger partial charge in [-0.2, -0.15) is 0 Å². The fourth-order valence-corrected chi connectivity index (χ4v) is 4.63. The molecule has 1 atom stereocenters. The van der Waals surface area contributed by atoms with Crippen LogP contribution in [-0.4, -0.2) is 66.3 Å². The average Bonchev–Trinajstić information content (AvgIpc) is 2.90. The van der Waals surface area contributed by atoms with Crippen LogP contribution in [0.2, 0.25) is 0 Å². The summed E-state index contributed by atoms with van der Waals surface area (Å²) in [6.45, 7) is 10.0. The van der Waals surface area contributed by atoms with Crippen LogP contribution in [0.4, 0.5) is 17.2 Å². The molecule has 2 aliphatic heterocycles. The van der Waals surface area contributed by atoms with Crippen molar-refractivity contribution in [2.75, 3.05) is 49.6 Å². The van der Waals surface area contributed by atoms with E-state index in [0.29, 0.717) is 19.7 Å². The molecule has 1 unspecified atom stereocenters. The van der Waals surface area contributed by atoms with E-state index in [1.54, 1.807) is 6.33 Å². The smallest absolute Gasteiger partial charge is 0.246 e. The molecule has 2 aromatic carbocycles. The van der Waals surface area contributed by atoms with Gasteiger partial charge in [-0.1, -0.05) is 6.58 Å². The minimum absolute atomic E-state index is 0.0122. The highest BCUT2D eigenvalue weighted by atomic mass is 16.5. The maximum absolute atomic E-state index is 11.9. The molecule has 8 heteroatoms. The summed E-state index contributed by atoms with van der Waals surface area (Å²) in [4.78, 5) is 25.0. The number of ether oxygens (including phenoxy) is 2. The van der Waals surface area contributed by atoms with Crippen molar-refractivity contribution in [3.05, 3.63) is 60.9 Å². The highest BCUT2D eigenvalue weighted by Gasteiger charge is 2.20. The van der Waals surface area contributed by atoms with Gasteiger partial charge in [0.05, 0.1) is 12.1 Å². The molecule has 0 radical (unpaired) electrons. The Morgan fingerprint density at radius 1 is 1.17 bits per heavy atom. The molecule has 3 heterocycles. The van der Waals surface area contributed by atoms with Gasteiger partial charge in [0, 0.05) is 49.5 Å². The fourth-order valence-electron chi connectivity index (χ4n) is 4.63. The van der Waals surface area contributed by atoms with Crippen LogP contribution >= 0.6 is 0 Å². The van der Waals surface area contributed by atoms with Crippen molar-refractivity contribution in [1.82, 2.24) is 14.9 Å². The van der Waals surface area contributed by atoms with Gasteiger partial charge >= 0.3 is 0 Å². The molecule has 1 amide bonds. The number of anilines is 3. The van der Waals surface area contributed by atoms with E-state index in [4.69, 9.17) is 9.47 Å². The van der Waals surface area contributed by atoms with E-state index in [1.807, 2.05) is 23.1 Å². The third-order valence-electron chi connectivity index (χ3n) is 6.60. The lowest BCUT2D eigenvalue weighted by molar-refractivity contribution is -0.126. The van der Waals surface area contributed by atoms with E-state index in [-0.39, 0.29) is 12.0 Å². The number of aromatic nitrogens is 2. The lowest BCUT2D eigenvalue weighted by Crippen LogP contribution is -2.48. The number of rotatable bonds is 6. The number of nitrogens with one attached hydrogen (secondary N) is 1. The van der Waals surface area contributed by atoms with E-state index < -0.39 is 0 Å². The summed E-state index contributed by atoms with van der Waals surface area (Å²) in [7, 11) is 0. The van der Waals surface area contributed by atoms with Crippen molar-refractivity contribution in [2.24, 2.45) is 0 Å². The molecule has 0 spiro atoms. The van der Waals surface area contributed by atoms with E-state index in [2.05, 4.69) is 51.9 Å². The number of fused-ring (bicyclic) bond motifs is 1. The Balaban J connectivity index is 1.33. The number of nitrogens with zero attached hydrogens (tertiary/aromatic N) is 4. The number of hydrogen-bond acceptors (Lipinski definition) is 7. The monoisotopic (exact) mass is 473 g/mol. The second kappa shape index (κ2) is 10.3. The fraction of sp³-hybridized carbons (Fsp3) is 0.370. The third-order valence-corrected chi connectivity index (χ3v) is 6.60. The molecule has 8 nitrogen and oxygen atoms in total. The molecular formula is C27H31N5O3. The maximum atomic E-state index is 11.9. The Bertz CT molecular complexity index is 1220. The largest absolute Gasteiger partial charge is 0.488 e. The van der Waals surface area contributed by atoms with Crippen molar-refractivity contribution in [1.29, 1.82) is 0 Å². The summed E-state index contributed by atoms with van der Waals surface area (Å²) in [6.07, 6.45) is 5.13. The number of carbonyl (C=O) groups excluding carboxylic acids is 1. The van der Waals surface area contributed by atoms with Crippen LogP contribution in [0.1, 0.15) is 18.4 Å². The molecule has 3 aromatic rings. The van der Waals surface area contributed by atoms with Crippen LogP contribution in [0.25, 0.3) is 10.9 Å². The lowest BCUT2D eigenvalue weighted by atomic mass is 10.1. The number of hydrogen-bond donors (Lipinski definition) is 1. The van der Waals surface area contributed by atoms with Gasteiger partial charge in [0.25, 0.3) is 0 Å². The molecule has 0 saturated carbocycles. The molecule has 1 N–H and O–H groups in total. The summed E-state index contributed by atoms with van der Waals surface area (Å²) < 4.78 is 11.7. The lowest BCUT2D eigenvalue weighted by Gasteiger charge is -2.35. The van der Waals surface area contributed by atoms with E-state index in [0.717, 1.165) is 71.9 Å². The molecule has 0 bridgehead atoms. The first kappa shape index (κ1) is 23.1. The SMILES string of the molecule is C=CC(=O)N1CCN(c2ccc3ncnc(Nc4ccc(OC5CCCOC5)c(C)c4)c3c2)CC1. The first-order valence-corrected chi connectivity index (χ1v) is 12.1. The highest BCUT2D eigenvalue weighted by Crippen LogP contribution is 2.30. The summed E-state index contributed by atoms with van der Waals surface area (Å²) in [5.74, 6) is 1.63. The van der Waals surface area contributed by atoms with Crippen LogP contribution in [0, 0.1) is 6.92 Å². The van der Waals surface area contributed by atoms with Crippen LogP contribution in [0.5, 0.6) is 5.75 Å². The van der Waals surface area contributed by atoms with Gasteiger partial charge in [0.15, 0.2) is 0 Å². The number of piperazine rings is 1. The Hall–Kier alpha value is -3.65. The molecular weight excluding hydrogens is 442 g/mol. The minimum atomic E-state index is -0.0122. The first-order chi connectivity index (χ1) is 17.1. The van der Waals surface area contributed by atoms with Gasteiger partial charge in [0.1, 0.15) is 24.0 Å². The molecule has 1 aromatic heterocycles. The third kappa shape index (κ3) is 5.22. The summed E-state index contributed by atoms with van der Waals surface area (Å²) in [5.41, 5.74) is 3.97. The summed E-state index contributed by atoms with van der Waals surface area (Å²) in [6, 6.07) is 12.3. The van der Waals surface area contributed by atoms with Gasteiger partial charge in [-0.3, -0.25) is 4.79 Å². The molecule has 35 heavy (non-hydrogen) atoms. The molecule has 0 aliphatic carbocycles. The normalized spacial score (nSPS) is 18.4. The zero-order valence-electron chi connectivity index (χ0n) is 20.1. The van der Waals surface area contributed by atoms with Crippen LogP contribution in [0.15, 0.2) is 55.4 Å². The Kier molecular flexibility index (Phi) is 6.81. The second-order valence-electron chi connectivity index (χ2n) is 9.00. The molecule has 5 rings (SSSR count). The molecule has 2 fully saturated rings. The van der Waals surface area contributed by atoms with Gasteiger partial charge in [-0.15, -0.1) is 0 Å². The van der Waals surface area contributed by atoms with E-state index in [1.165, 1.54) is 6.08 Å². The zero-order chi connectivity index (χ0) is 24.2. The van der Waals surface area contributed by atoms with Gasteiger partial charge in [-0.05, 0) is 67.8 Å². The van der Waals surface area contributed by atoms with Gasteiger partial charge in [-0.25, -0.2) is 9.97 Å². The minimum Gasteiger partial charge on any atom is -0.488 e. The summed E-state index contributed by atoms with van der Waals surface area (Å²) in [5, 5.41) is 4.42. The first-order valence-electron chi connectivity index (χ1n) is 12.1. The average molecular weight is 474 g/mol. The zero-order valence-corrected chi connectivity index (χ0v) is 20.1. The van der Waals surface area contributed by atoms with Crippen molar-refractivity contribution < 1.29 is 14.3 Å². The van der Waals surface area contributed by atoms with E-state index >= 15 is 0 Å². The molecule has 2 saturated heterocycles. The van der Waals surface area contributed by atoms with Crippen molar-refractivity contribution in [2.45, 2.75) is 25.9 Å². The number of aryl methyl sites for hydroxylation is 1. The Labute approximate surface area is 205 Å². The van der Waals surface area contributed by atoms with Gasteiger partial charge < -0.3 is 24.6 Å². The van der Waals surface area contributed by atoms with Gasteiger partial charge in [0.2, 0.25) is 5.91 Å². The Morgan fingerprint density at radius 2 is 2.03 bits per heavy atom. The number of carbonyl (C=O) groups is 1. The number of amides is 1. The van der Waals surface area contributed by atoms with Crippen molar-refractivity contribution in [3.8, 4) is 5.75 Å². The Morgan fingerprint density at radius 3 is 2.77 bits per heavy atom. The van der Waals surface area contributed by atoms with Crippen molar-refractivity contribution in [3.63, 3.8) is 0 Å². The van der Waals surface area contributed by atoms with Crippen LogP contribution < -0.4 is 15.0 Å². The van der Waals surface area contributed by atoms with Crippen molar-refractivity contribution >= 4 is 34.0 Å². The van der Waals surface area contributed by atoms with Crippen LogP contribution in [0.3, 0.4) is 0 Å². The summed E-state index contributed by atoms with van der Waals surface area (Å²) >= 11 is 0. The van der Waals surface area contributed by atoms with Crippen LogP contribution in [-0.2, 0) is 9.53 Å². The topological polar surface area (TPSA) is 79.8 Å². The second-order valence-corrected chi connectivity index (χ2v) is 9.00. The predicted octanol–water partition coefficient (Wildman–Crippen LogP) is 4.07. The molecule has 2 aliphatic rings. The number of benzene rings is 2. The quantitative estimate of drug-likeness (QED) is 0.541. The van der Waals surface area contributed by atoms with E-state index in [9.17, 15) is 4.79 Å². The predicted molar refractivity (Wildman–Crippen MR) is 137 cm³/mol. The standard InChI is InChI=1S/C27H31N5O3/c1-3-26(33)32-12-10-31(11-13-32)21-7-8-24-23(16-21)27(29-18-28-24)30-20-6-9-25(19(2)15-20)35-22-5-4-14-34-17-22/h3,6-9,15-16,18,22H,1,4-5,10-14,17H2,2H3,(H,28,29,30). The highest BCUT2D eigenvalue weighted by molar-refractivity contribution is 5.93. The molecule has 182 valence electrons. The maximum Gasteiger partial charge on any atom is 0.246 e.